The summed E-state index contributed by atoms with van der Waals surface area (Å²) in [5, 5.41) is 7.18. The van der Waals surface area contributed by atoms with Gasteiger partial charge in [-0.2, -0.15) is 5.10 Å². The van der Waals surface area contributed by atoms with Crippen LogP contribution in [-0.4, -0.2) is 22.8 Å². The monoisotopic (exact) mass is 293 g/mol. The number of methoxy groups -OCH3 is 1. The Labute approximate surface area is 122 Å². The van der Waals surface area contributed by atoms with E-state index >= 15 is 0 Å². The standard InChI is InChI=1S/C14H16ClN3O2/c1-9(10-4-6-11(20-3)7-5-10)17-14(19)13-12(15)8-16-18(13)2/h4-9H,1-3H3,(H,17,19)/t9-/m0/s1. The number of hydrogen-bond acceptors (Lipinski definition) is 3. The predicted octanol–water partition coefficient (Wildman–Crippen LogP) is 2.57. The summed E-state index contributed by atoms with van der Waals surface area (Å²) in [7, 11) is 3.30. The highest BCUT2D eigenvalue weighted by Crippen LogP contribution is 2.19. The van der Waals surface area contributed by atoms with E-state index in [1.165, 1.54) is 10.9 Å². The van der Waals surface area contributed by atoms with Gasteiger partial charge in [-0.05, 0) is 24.6 Å². The molecule has 1 aromatic heterocycles. The maximum Gasteiger partial charge on any atom is 0.271 e. The molecule has 1 aromatic carbocycles. The third-order valence-corrected chi connectivity index (χ3v) is 3.35. The van der Waals surface area contributed by atoms with E-state index in [-0.39, 0.29) is 11.9 Å². The number of amides is 1. The van der Waals surface area contributed by atoms with Crippen LogP contribution in [-0.2, 0) is 7.05 Å². The van der Waals surface area contributed by atoms with Crippen LogP contribution in [0.3, 0.4) is 0 Å². The molecular formula is C14H16ClN3O2. The zero-order chi connectivity index (χ0) is 14.7. The first kappa shape index (κ1) is 14.4. The molecule has 0 bridgehead atoms. The number of carbonyl (C=O) groups is 1. The van der Waals surface area contributed by atoms with Crippen LogP contribution in [0.5, 0.6) is 5.75 Å². The van der Waals surface area contributed by atoms with E-state index < -0.39 is 0 Å². The van der Waals surface area contributed by atoms with E-state index in [2.05, 4.69) is 10.4 Å². The molecule has 5 nitrogen and oxygen atoms in total. The summed E-state index contributed by atoms with van der Waals surface area (Å²) < 4.78 is 6.56. The van der Waals surface area contributed by atoms with Gasteiger partial charge in [0, 0.05) is 7.05 Å². The number of ether oxygens (including phenoxy) is 1. The van der Waals surface area contributed by atoms with E-state index in [1.807, 2.05) is 31.2 Å². The topological polar surface area (TPSA) is 56.1 Å². The molecule has 0 aliphatic carbocycles. The molecule has 2 rings (SSSR count). The fraction of sp³-hybridized carbons (Fsp3) is 0.286. The number of aromatic nitrogens is 2. The van der Waals surface area contributed by atoms with Crippen LogP contribution in [0.15, 0.2) is 30.5 Å². The van der Waals surface area contributed by atoms with E-state index in [4.69, 9.17) is 16.3 Å². The van der Waals surface area contributed by atoms with Gasteiger partial charge in [0.2, 0.25) is 0 Å². The van der Waals surface area contributed by atoms with Crippen LogP contribution in [0.2, 0.25) is 5.02 Å². The highest BCUT2D eigenvalue weighted by Gasteiger charge is 2.18. The molecule has 0 radical (unpaired) electrons. The minimum absolute atomic E-state index is 0.139. The molecule has 106 valence electrons. The lowest BCUT2D eigenvalue weighted by Gasteiger charge is -2.15. The molecule has 1 heterocycles. The number of nitrogens with one attached hydrogen (secondary N) is 1. The van der Waals surface area contributed by atoms with Crippen LogP contribution >= 0.6 is 11.6 Å². The van der Waals surface area contributed by atoms with Crippen molar-refractivity contribution in [2.45, 2.75) is 13.0 Å². The Morgan fingerprint density at radius 3 is 2.55 bits per heavy atom. The lowest BCUT2D eigenvalue weighted by atomic mass is 10.1. The van der Waals surface area contributed by atoms with Crippen molar-refractivity contribution in [3.63, 3.8) is 0 Å². The largest absolute Gasteiger partial charge is 0.497 e. The molecule has 2 aromatic rings. The van der Waals surface area contributed by atoms with Crippen molar-refractivity contribution in [2.24, 2.45) is 7.05 Å². The van der Waals surface area contributed by atoms with Gasteiger partial charge < -0.3 is 10.1 Å². The van der Waals surface area contributed by atoms with Gasteiger partial charge in [-0.1, -0.05) is 23.7 Å². The molecule has 6 heteroatoms. The summed E-state index contributed by atoms with van der Waals surface area (Å²) in [5.74, 6) is 0.528. The molecule has 1 N–H and O–H groups in total. The first-order valence-corrected chi connectivity index (χ1v) is 6.53. The molecular weight excluding hydrogens is 278 g/mol. The van der Waals surface area contributed by atoms with Gasteiger partial charge in [0.05, 0.1) is 24.4 Å². The highest BCUT2D eigenvalue weighted by molar-refractivity contribution is 6.33. The summed E-state index contributed by atoms with van der Waals surface area (Å²) in [6.45, 7) is 1.91. The predicted molar refractivity (Wildman–Crippen MR) is 77.1 cm³/mol. The summed E-state index contributed by atoms with van der Waals surface area (Å²) in [4.78, 5) is 12.2. The van der Waals surface area contributed by atoms with Crippen molar-refractivity contribution < 1.29 is 9.53 Å². The molecule has 0 spiro atoms. The number of benzene rings is 1. The number of halogens is 1. The molecule has 1 atom stereocenters. The van der Waals surface area contributed by atoms with Crippen molar-refractivity contribution in [1.29, 1.82) is 0 Å². The van der Waals surface area contributed by atoms with E-state index in [0.29, 0.717) is 10.7 Å². The Kier molecular flexibility index (Phi) is 4.29. The second-order valence-corrected chi connectivity index (χ2v) is 4.84. The Hall–Kier alpha value is -2.01. The molecule has 0 aliphatic rings. The second kappa shape index (κ2) is 5.96. The Balaban J connectivity index is 2.11. The summed E-state index contributed by atoms with van der Waals surface area (Å²) in [6, 6.07) is 7.40. The number of aryl methyl sites for hydroxylation is 1. The maximum absolute atomic E-state index is 12.2. The van der Waals surface area contributed by atoms with Gasteiger partial charge in [0.1, 0.15) is 11.4 Å². The van der Waals surface area contributed by atoms with E-state index in [1.54, 1.807) is 14.2 Å². The second-order valence-electron chi connectivity index (χ2n) is 4.43. The fourth-order valence-corrected chi connectivity index (χ4v) is 2.16. The van der Waals surface area contributed by atoms with Gasteiger partial charge in [-0.15, -0.1) is 0 Å². The number of nitrogens with zero attached hydrogens (tertiary/aromatic N) is 2. The van der Waals surface area contributed by atoms with Crippen LogP contribution in [0.1, 0.15) is 29.0 Å². The smallest absolute Gasteiger partial charge is 0.271 e. The maximum atomic E-state index is 12.2. The van der Waals surface area contributed by atoms with E-state index in [0.717, 1.165) is 11.3 Å². The van der Waals surface area contributed by atoms with Crippen LogP contribution in [0, 0.1) is 0 Å². The average molecular weight is 294 g/mol. The van der Waals surface area contributed by atoms with Crippen molar-refractivity contribution in [1.82, 2.24) is 15.1 Å². The van der Waals surface area contributed by atoms with Gasteiger partial charge >= 0.3 is 0 Å². The first-order chi connectivity index (χ1) is 9.52. The normalized spacial score (nSPS) is 12.0. The number of hydrogen-bond donors (Lipinski definition) is 1. The van der Waals surface area contributed by atoms with Crippen molar-refractivity contribution in [3.05, 3.63) is 46.7 Å². The van der Waals surface area contributed by atoms with Gasteiger partial charge in [-0.25, -0.2) is 0 Å². The Morgan fingerprint density at radius 1 is 1.40 bits per heavy atom. The molecule has 0 aliphatic heterocycles. The molecule has 0 saturated heterocycles. The molecule has 20 heavy (non-hydrogen) atoms. The van der Waals surface area contributed by atoms with Crippen molar-refractivity contribution >= 4 is 17.5 Å². The zero-order valence-electron chi connectivity index (χ0n) is 11.6. The zero-order valence-corrected chi connectivity index (χ0v) is 12.3. The Bertz CT molecular complexity index is 588. The lowest BCUT2D eigenvalue weighted by Crippen LogP contribution is -2.28. The van der Waals surface area contributed by atoms with Crippen LogP contribution in [0.25, 0.3) is 0 Å². The molecule has 0 fully saturated rings. The summed E-state index contributed by atoms with van der Waals surface area (Å²) >= 11 is 5.95. The van der Waals surface area contributed by atoms with Crippen LogP contribution in [0.4, 0.5) is 0 Å². The first-order valence-electron chi connectivity index (χ1n) is 6.15. The number of carbonyl (C=O) groups excluding carboxylic acids is 1. The van der Waals surface area contributed by atoms with Crippen molar-refractivity contribution in [2.75, 3.05) is 7.11 Å². The summed E-state index contributed by atoms with van der Waals surface area (Å²) in [6.07, 6.45) is 1.45. The van der Waals surface area contributed by atoms with Crippen molar-refractivity contribution in [3.8, 4) is 5.75 Å². The van der Waals surface area contributed by atoms with E-state index in [9.17, 15) is 4.79 Å². The van der Waals surface area contributed by atoms with Crippen LogP contribution < -0.4 is 10.1 Å². The molecule has 0 unspecified atom stereocenters. The summed E-state index contributed by atoms with van der Waals surface area (Å²) in [5.41, 5.74) is 1.34. The molecule has 1 amide bonds. The fourth-order valence-electron chi connectivity index (χ4n) is 1.91. The number of rotatable bonds is 4. The van der Waals surface area contributed by atoms with Gasteiger partial charge in [-0.3, -0.25) is 9.48 Å². The minimum Gasteiger partial charge on any atom is -0.497 e. The average Bonchev–Trinajstić information content (AvgIpc) is 2.78. The third kappa shape index (κ3) is 2.93. The third-order valence-electron chi connectivity index (χ3n) is 3.07. The Morgan fingerprint density at radius 2 is 2.05 bits per heavy atom. The SMILES string of the molecule is COc1ccc([C@H](C)NC(=O)c2c(Cl)cnn2C)cc1. The molecule has 0 saturated carbocycles. The minimum atomic E-state index is -0.252. The highest BCUT2D eigenvalue weighted by atomic mass is 35.5. The van der Waals surface area contributed by atoms with Gasteiger partial charge in [0.25, 0.3) is 5.91 Å². The lowest BCUT2D eigenvalue weighted by molar-refractivity contribution is 0.0930. The quantitative estimate of drug-likeness (QED) is 0.942. The van der Waals surface area contributed by atoms with Gasteiger partial charge in [0.15, 0.2) is 0 Å².